The number of nitrogens with one attached hydrogen (secondary N) is 3. The molecule has 0 saturated carbocycles. The molecule has 5 nitrogen and oxygen atoms in total. The summed E-state index contributed by atoms with van der Waals surface area (Å²) in [6.45, 7) is 4.44. The molecule has 3 N–H and O–H groups in total. The Morgan fingerprint density at radius 3 is 2.62 bits per heavy atom. The summed E-state index contributed by atoms with van der Waals surface area (Å²) in [5.41, 5.74) is 0.961. The molecule has 0 aliphatic carbocycles. The lowest BCUT2D eigenvalue weighted by Crippen LogP contribution is -2.24. The average Bonchev–Trinajstić information content (AvgIpc) is 2.99. The number of hydrogen-bond acceptors (Lipinski definition) is 4. The topological polar surface area (TPSA) is 70.2 Å². The van der Waals surface area contributed by atoms with Crippen LogP contribution in [0.3, 0.4) is 0 Å². The van der Waals surface area contributed by atoms with E-state index in [1.807, 2.05) is 19.1 Å². The lowest BCUT2D eigenvalue weighted by Gasteiger charge is -2.12. The van der Waals surface area contributed by atoms with Crippen molar-refractivity contribution in [3.8, 4) is 0 Å². The fraction of sp³-hybridized carbons (Fsp3) is 0.600. The van der Waals surface area contributed by atoms with Crippen LogP contribution < -0.4 is 15.4 Å². The first kappa shape index (κ1) is 16.3. The van der Waals surface area contributed by atoms with Gasteiger partial charge in [0, 0.05) is 24.8 Å². The predicted molar refractivity (Wildman–Crippen MR) is 86.1 cm³/mol. The van der Waals surface area contributed by atoms with Crippen LogP contribution in [-0.2, 0) is 10.0 Å². The van der Waals surface area contributed by atoms with Crippen LogP contribution in [0.25, 0.3) is 0 Å². The van der Waals surface area contributed by atoms with Gasteiger partial charge in [0.05, 0.1) is 4.90 Å². The standard InChI is InChI=1S/C15H25N3O2S/c1-2-10-18-21(19,20)15-7-5-14(6-8-15)17-12-9-13-4-3-11-16-13/h5-8,13,16-18H,2-4,9-12H2,1H3/t13-/m0/s1. The Bertz CT molecular complexity index is 522. The van der Waals surface area contributed by atoms with Gasteiger partial charge >= 0.3 is 0 Å². The summed E-state index contributed by atoms with van der Waals surface area (Å²) in [5, 5.41) is 6.80. The zero-order valence-electron chi connectivity index (χ0n) is 12.6. The summed E-state index contributed by atoms with van der Waals surface area (Å²) >= 11 is 0. The van der Waals surface area contributed by atoms with E-state index in [9.17, 15) is 8.42 Å². The first-order chi connectivity index (χ1) is 10.1. The van der Waals surface area contributed by atoms with Crippen LogP contribution in [0.5, 0.6) is 0 Å². The van der Waals surface area contributed by atoms with Gasteiger partial charge in [-0.15, -0.1) is 0 Å². The first-order valence-electron chi connectivity index (χ1n) is 7.69. The van der Waals surface area contributed by atoms with E-state index in [-0.39, 0.29) is 0 Å². The van der Waals surface area contributed by atoms with Crippen molar-refractivity contribution >= 4 is 15.7 Å². The number of sulfonamides is 1. The molecule has 21 heavy (non-hydrogen) atoms. The second-order valence-electron chi connectivity index (χ2n) is 5.43. The third kappa shape index (κ3) is 4.98. The van der Waals surface area contributed by atoms with Crippen molar-refractivity contribution < 1.29 is 8.42 Å². The van der Waals surface area contributed by atoms with Crippen molar-refractivity contribution in [1.29, 1.82) is 0 Å². The van der Waals surface area contributed by atoms with E-state index in [1.54, 1.807) is 12.1 Å². The largest absolute Gasteiger partial charge is 0.385 e. The predicted octanol–water partition coefficient (Wildman–Crippen LogP) is 1.93. The summed E-state index contributed by atoms with van der Waals surface area (Å²) in [7, 11) is -3.36. The van der Waals surface area contributed by atoms with Gasteiger partial charge in [0.15, 0.2) is 0 Å². The molecule has 2 rings (SSSR count). The fourth-order valence-electron chi connectivity index (χ4n) is 2.47. The zero-order valence-corrected chi connectivity index (χ0v) is 13.4. The third-order valence-electron chi connectivity index (χ3n) is 3.69. The molecule has 1 saturated heterocycles. The monoisotopic (exact) mass is 311 g/mol. The van der Waals surface area contributed by atoms with Crippen LogP contribution in [0.15, 0.2) is 29.2 Å². The van der Waals surface area contributed by atoms with Gasteiger partial charge in [-0.1, -0.05) is 6.92 Å². The summed E-state index contributed by atoms with van der Waals surface area (Å²) in [4.78, 5) is 0.318. The Kier molecular flexibility index (Phi) is 6.02. The molecule has 1 fully saturated rings. The Labute approximate surface area is 127 Å². The quantitative estimate of drug-likeness (QED) is 0.686. The second kappa shape index (κ2) is 7.77. The van der Waals surface area contributed by atoms with Crippen LogP contribution >= 0.6 is 0 Å². The Morgan fingerprint density at radius 2 is 2.00 bits per heavy atom. The molecule has 0 aromatic heterocycles. The lowest BCUT2D eigenvalue weighted by atomic mass is 10.1. The third-order valence-corrected chi connectivity index (χ3v) is 5.17. The Morgan fingerprint density at radius 1 is 1.24 bits per heavy atom. The van der Waals surface area contributed by atoms with Gasteiger partial charge in [0.1, 0.15) is 0 Å². The summed E-state index contributed by atoms with van der Waals surface area (Å²) in [5.74, 6) is 0. The SMILES string of the molecule is CCCNS(=O)(=O)c1ccc(NCC[C@@H]2CCCN2)cc1. The van der Waals surface area contributed by atoms with Crippen LogP contribution in [0.4, 0.5) is 5.69 Å². The molecule has 118 valence electrons. The lowest BCUT2D eigenvalue weighted by molar-refractivity contribution is 0.574. The van der Waals surface area contributed by atoms with E-state index in [0.29, 0.717) is 17.5 Å². The molecule has 1 aromatic rings. The van der Waals surface area contributed by atoms with Gasteiger partial charge in [-0.3, -0.25) is 0 Å². The molecular formula is C15H25N3O2S. The van der Waals surface area contributed by atoms with Gasteiger partial charge in [0.25, 0.3) is 0 Å². The van der Waals surface area contributed by atoms with E-state index >= 15 is 0 Å². The summed E-state index contributed by atoms with van der Waals surface area (Å²) in [6.07, 6.45) is 4.40. The van der Waals surface area contributed by atoms with Crippen molar-refractivity contribution in [3.63, 3.8) is 0 Å². The van der Waals surface area contributed by atoms with Crippen molar-refractivity contribution in [2.75, 3.05) is 25.0 Å². The first-order valence-corrected chi connectivity index (χ1v) is 9.17. The van der Waals surface area contributed by atoms with Gasteiger partial charge in [-0.2, -0.15) is 0 Å². The fourth-order valence-corrected chi connectivity index (χ4v) is 3.60. The second-order valence-corrected chi connectivity index (χ2v) is 7.20. The average molecular weight is 311 g/mol. The van der Waals surface area contributed by atoms with E-state index in [2.05, 4.69) is 15.4 Å². The number of anilines is 1. The summed E-state index contributed by atoms with van der Waals surface area (Å²) < 4.78 is 26.5. The molecule has 1 heterocycles. The van der Waals surface area contributed by atoms with Crippen molar-refractivity contribution in [3.05, 3.63) is 24.3 Å². The molecule has 1 atom stereocenters. The molecular weight excluding hydrogens is 286 g/mol. The minimum absolute atomic E-state index is 0.318. The minimum Gasteiger partial charge on any atom is -0.385 e. The highest BCUT2D eigenvalue weighted by Crippen LogP contribution is 2.15. The molecule has 1 aromatic carbocycles. The van der Waals surface area contributed by atoms with Crippen LogP contribution in [-0.4, -0.2) is 34.1 Å². The maximum atomic E-state index is 12.0. The van der Waals surface area contributed by atoms with Gasteiger partial charge in [0.2, 0.25) is 10.0 Å². The number of benzene rings is 1. The van der Waals surface area contributed by atoms with Crippen LogP contribution in [0.2, 0.25) is 0 Å². The molecule has 1 aliphatic heterocycles. The number of hydrogen-bond donors (Lipinski definition) is 3. The van der Waals surface area contributed by atoms with E-state index in [1.165, 1.54) is 12.8 Å². The molecule has 6 heteroatoms. The highest BCUT2D eigenvalue weighted by Gasteiger charge is 2.14. The smallest absolute Gasteiger partial charge is 0.240 e. The van der Waals surface area contributed by atoms with E-state index in [0.717, 1.165) is 31.6 Å². The maximum Gasteiger partial charge on any atom is 0.240 e. The maximum absolute atomic E-state index is 12.0. The van der Waals surface area contributed by atoms with Gasteiger partial charge < -0.3 is 10.6 Å². The highest BCUT2D eigenvalue weighted by molar-refractivity contribution is 7.89. The minimum atomic E-state index is -3.36. The van der Waals surface area contributed by atoms with Gasteiger partial charge in [-0.25, -0.2) is 13.1 Å². The normalized spacial score (nSPS) is 18.8. The molecule has 0 amide bonds. The Balaban J connectivity index is 1.83. The van der Waals surface area contributed by atoms with Crippen molar-refractivity contribution in [2.45, 2.75) is 43.5 Å². The highest BCUT2D eigenvalue weighted by atomic mass is 32.2. The van der Waals surface area contributed by atoms with Crippen molar-refractivity contribution in [1.82, 2.24) is 10.0 Å². The zero-order chi connectivity index (χ0) is 15.1. The van der Waals surface area contributed by atoms with E-state index in [4.69, 9.17) is 0 Å². The Hall–Kier alpha value is -1.11. The van der Waals surface area contributed by atoms with Crippen molar-refractivity contribution in [2.24, 2.45) is 0 Å². The van der Waals surface area contributed by atoms with Crippen LogP contribution in [0.1, 0.15) is 32.6 Å². The van der Waals surface area contributed by atoms with E-state index < -0.39 is 10.0 Å². The molecule has 0 spiro atoms. The molecule has 0 unspecified atom stereocenters. The van der Waals surface area contributed by atoms with Crippen LogP contribution in [0, 0.1) is 0 Å². The summed E-state index contributed by atoms with van der Waals surface area (Å²) in [6, 6.07) is 7.56. The molecule has 0 radical (unpaired) electrons. The number of rotatable bonds is 8. The molecule has 1 aliphatic rings. The molecule has 0 bridgehead atoms. The van der Waals surface area contributed by atoms with Gasteiger partial charge in [-0.05, 0) is 56.5 Å².